The summed E-state index contributed by atoms with van der Waals surface area (Å²) in [5.74, 6) is -0.327. The summed E-state index contributed by atoms with van der Waals surface area (Å²) in [5, 5.41) is 4.40. The van der Waals surface area contributed by atoms with Crippen LogP contribution in [0.1, 0.15) is 55.0 Å². The molecule has 0 atom stereocenters. The normalized spacial score (nSPS) is 11.5. The van der Waals surface area contributed by atoms with Gasteiger partial charge in [-0.2, -0.15) is 5.10 Å². The molecule has 0 N–H and O–H groups in total. The largest absolute Gasteiger partial charge is 0.461 e. The molecule has 0 aliphatic heterocycles. The highest BCUT2D eigenvalue weighted by atomic mass is 16.5. The number of rotatable bonds is 4. The van der Waals surface area contributed by atoms with Crippen LogP contribution in [0.15, 0.2) is 30.3 Å². The third-order valence-corrected chi connectivity index (χ3v) is 3.62. The van der Waals surface area contributed by atoms with Crippen LogP contribution in [0.5, 0.6) is 0 Å². The summed E-state index contributed by atoms with van der Waals surface area (Å²) in [6.07, 6.45) is 0.706. The Kier molecular flexibility index (Phi) is 4.69. The molecule has 0 fully saturated rings. The molecule has 0 amide bonds. The van der Waals surface area contributed by atoms with Gasteiger partial charge in [0.2, 0.25) is 0 Å². The smallest absolute Gasteiger partial charge is 0.356 e. The Morgan fingerprint density at radius 3 is 2.41 bits per heavy atom. The van der Waals surface area contributed by atoms with Gasteiger partial charge in [0.25, 0.3) is 0 Å². The van der Waals surface area contributed by atoms with E-state index in [1.165, 1.54) is 11.1 Å². The molecule has 0 aliphatic carbocycles. The molecule has 118 valence electrons. The van der Waals surface area contributed by atoms with E-state index in [1.807, 2.05) is 0 Å². The van der Waals surface area contributed by atoms with Crippen LogP contribution in [-0.4, -0.2) is 22.4 Å². The molecule has 22 heavy (non-hydrogen) atoms. The summed E-state index contributed by atoms with van der Waals surface area (Å²) in [5.41, 5.74) is 4.00. The van der Waals surface area contributed by atoms with Gasteiger partial charge >= 0.3 is 5.97 Å². The number of hydrogen-bond acceptors (Lipinski definition) is 3. The maximum Gasteiger partial charge on any atom is 0.356 e. The molecule has 0 radical (unpaired) electrons. The maximum atomic E-state index is 11.8. The highest BCUT2D eigenvalue weighted by Gasteiger charge is 2.15. The molecule has 0 bridgehead atoms. The molecule has 4 nitrogen and oxygen atoms in total. The molecule has 2 aromatic rings. The lowest BCUT2D eigenvalue weighted by molar-refractivity contribution is 0.0513. The Labute approximate surface area is 132 Å². The second-order valence-corrected chi connectivity index (χ2v) is 6.49. The quantitative estimate of drug-likeness (QED) is 0.812. The number of carbonyl (C=O) groups is 1. The first-order valence-electron chi connectivity index (χ1n) is 7.60. The highest BCUT2D eigenvalue weighted by molar-refractivity contribution is 5.87. The molecule has 2 rings (SSSR count). The molecule has 0 aliphatic rings. The van der Waals surface area contributed by atoms with Crippen molar-refractivity contribution >= 4 is 5.97 Å². The lowest BCUT2D eigenvalue weighted by atomic mass is 9.86. The van der Waals surface area contributed by atoms with Gasteiger partial charge in [0.05, 0.1) is 12.3 Å². The summed E-state index contributed by atoms with van der Waals surface area (Å²) < 4.78 is 6.61. The fourth-order valence-electron chi connectivity index (χ4n) is 2.34. The lowest BCUT2D eigenvalue weighted by Crippen LogP contribution is -2.10. The van der Waals surface area contributed by atoms with E-state index < -0.39 is 0 Å². The molecule has 0 spiro atoms. The van der Waals surface area contributed by atoms with E-state index in [4.69, 9.17) is 4.74 Å². The van der Waals surface area contributed by atoms with Crippen LogP contribution in [0, 0.1) is 0 Å². The van der Waals surface area contributed by atoms with Crippen molar-refractivity contribution < 1.29 is 9.53 Å². The van der Waals surface area contributed by atoms with E-state index in [0.717, 1.165) is 5.69 Å². The van der Waals surface area contributed by atoms with Crippen molar-refractivity contribution in [2.24, 2.45) is 7.05 Å². The Morgan fingerprint density at radius 1 is 1.23 bits per heavy atom. The van der Waals surface area contributed by atoms with E-state index in [1.54, 1.807) is 24.7 Å². The van der Waals surface area contributed by atoms with Gasteiger partial charge < -0.3 is 4.74 Å². The van der Waals surface area contributed by atoms with E-state index in [-0.39, 0.29) is 11.4 Å². The third kappa shape index (κ3) is 3.75. The number of carbonyl (C=O) groups excluding carboxylic acids is 1. The van der Waals surface area contributed by atoms with Gasteiger partial charge in [0, 0.05) is 13.5 Å². The topological polar surface area (TPSA) is 44.1 Å². The van der Waals surface area contributed by atoms with Crippen LogP contribution in [0.25, 0.3) is 0 Å². The summed E-state index contributed by atoms with van der Waals surface area (Å²) in [6.45, 7) is 8.77. The zero-order chi connectivity index (χ0) is 16.3. The summed E-state index contributed by atoms with van der Waals surface area (Å²) >= 11 is 0. The lowest BCUT2D eigenvalue weighted by Gasteiger charge is -2.19. The predicted molar refractivity (Wildman–Crippen MR) is 87.1 cm³/mol. The number of nitrogens with zero attached hydrogens (tertiary/aromatic N) is 2. The monoisotopic (exact) mass is 300 g/mol. The van der Waals surface area contributed by atoms with Gasteiger partial charge in [-0.15, -0.1) is 0 Å². The molecule has 0 unspecified atom stereocenters. The predicted octanol–water partition coefficient (Wildman–Crippen LogP) is 3.49. The van der Waals surface area contributed by atoms with Gasteiger partial charge in [-0.05, 0) is 29.5 Å². The van der Waals surface area contributed by atoms with Gasteiger partial charge in [-0.1, -0.05) is 45.0 Å². The molecular formula is C18H24N2O2. The standard InChI is InChI=1S/C18H24N2O2/c1-6-22-17(21)16-12-15(19-20(16)5)11-13-7-9-14(10-8-13)18(2,3)4/h7-10,12H,6,11H2,1-5H3. The first-order chi connectivity index (χ1) is 10.3. The second kappa shape index (κ2) is 6.34. The molecule has 1 aromatic carbocycles. The maximum absolute atomic E-state index is 11.8. The van der Waals surface area contributed by atoms with Gasteiger partial charge in [0.1, 0.15) is 5.69 Å². The highest BCUT2D eigenvalue weighted by Crippen LogP contribution is 2.22. The molecule has 1 heterocycles. The minimum absolute atomic E-state index is 0.153. The minimum Gasteiger partial charge on any atom is -0.461 e. The minimum atomic E-state index is -0.327. The summed E-state index contributed by atoms with van der Waals surface area (Å²) in [7, 11) is 1.76. The summed E-state index contributed by atoms with van der Waals surface area (Å²) in [6, 6.07) is 10.4. The number of hydrogen-bond donors (Lipinski definition) is 0. The Hall–Kier alpha value is -2.10. The fraction of sp³-hybridized carbons (Fsp3) is 0.444. The number of ether oxygens (including phenoxy) is 1. The number of benzene rings is 1. The number of esters is 1. The van der Waals surface area contributed by atoms with Crippen LogP contribution < -0.4 is 0 Å². The van der Waals surface area contributed by atoms with E-state index in [2.05, 4.69) is 50.1 Å². The van der Waals surface area contributed by atoms with Crippen molar-refractivity contribution in [1.29, 1.82) is 0 Å². The van der Waals surface area contributed by atoms with Crippen LogP contribution in [0.4, 0.5) is 0 Å². The zero-order valence-corrected chi connectivity index (χ0v) is 14.0. The van der Waals surface area contributed by atoms with Crippen molar-refractivity contribution in [1.82, 2.24) is 9.78 Å². The molecule has 0 saturated carbocycles. The average Bonchev–Trinajstić information content (AvgIpc) is 2.79. The Bertz CT molecular complexity index is 649. The van der Waals surface area contributed by atoms with Crippen LogP contribution >= 0.6 is 0 Å². The van der Waals surface area contributed by atoms with Crippen molar-refractivity contribution in [2.75, 3.05) is 6.61 Å². The van der Waals surface area contributed by atoms with E-state index >= 15 is 0 Å². The second-order valence-electron chi connectivity index (χ2n) is 6.49. The molecular weight excluding hydrogens is 276 g/mol. The van der Waals surface area contributed by atoms with Crippen molar-refractivity contribution in [3.05, 3.63) is 52.8 Å². The van der Waals surface area contributed by atoms with Gasteiger partial charge in [0.15, 0.2) is 0 Å². The van der Waals surface area contributed by atoms with Crippen LogP contribution in [0.2, 0.25) is 0 Å². The van der Waals surface area contributed by atoms with E-state index in [0.29, 0.717) is 18.7 Å². The third-order valence-electron chi connectivity index (χ3n) is 3.62. The SMILES string of the molecule is CCOC(=O)c1cc(Cc2ccc(C(C)(C)C)cc2)nn1C. The van der Waals surface area contributed by atoms with Crippen molar-refractivity contribution in [3.63, 3.8) is 0 Å². The van der Waals surface area contributed by atoms with Crippen LogP contribution in [-0.2, 0) is 23.6 Å². The van der Waals surface area contributed by atoms with Crippen molar-refractivity contribution in [2.45, 2.75) is 39.5 Å². The molecule has 0 saturated heterocycles. The molecule has 1 aromatic heterocycles. The van der Waals surface area contributed by atoms with Gasteiger partial charge in [-0.25, -0.2) is 4.79 Å². The number of aromatic nitrogens is 2. The molecule has 4 heteroatoms. The number of aryl methyl sites for hydroxylation is 1. The first kappa shape index (κ1) is 16.3. The average molecular weight is 300 g/mol. The van der Waals surface area contributed by atoms with Crippen LogP contribution in [0.3, 0.4) is 0 Å². The van der Waals surface area contributed by atoms with Gasteiger partial charge in [-0.3, -0.25) is 4.68 Å². The summed E-state index contributed by atoms with van der Waals surface area (Å²) in [4.78, 5) is 11.8. The zero-order valence-electron chi connectivity index (χ0n) is 14.0. The first-order valence-corrected chi connectivity index (χ1v) is 7.60. The Morgan fingerprint density at radius 2 is 1.86 bits per heavy atom. The van der Waals surface area contributed by atoms with E-state index in [9.17, 15) is 4.79 Å². The Balaban J connectivity index is 2.14. The fourth-order valence-corrected chi connectivity index (χ4v) is 2.34. The van der Waals surface area contributed by atoms with Crippen molar-refractivity contribution in [3.8, 4) is 0 Å².